The van der Waals surface area contributed by atoms with Crippen LogP contribution in [0.4, 0.5) is 4.39 Å². The SMILES string of the molecule is Cc1nn(O)c(C)c1C(=O)N1CCC(C)(N2CCC([C@@H](c3cccc(F)c3)C3CCN(S(=O)(=O)C4CC4)CC3)[C@@H](C)C2)CC1. The molecule has 44 heavy (non-hydrogen) atoms. The van der Waals surface area contributed by atoms with Gasteiger partial charge in [0.25, 0.3) is 5.91 Å². The van der Waals surface area contributed by atoms with Gasteiger partial charge in [0.05, 0.1) is 22.2 Å². The lowest BCUT2D eigenvalue weighted by Gasteiger charge is -2.52. The fraction of sp³-hybridized carbons (Fsp3) is 0.697. The van der Waals surface area contributed by atoms with E-state index in [0.717, 1.165) is 68.4 Å². The van der Waals surface area contributed by atoms with E-state index in [0.29, 0.717) is 60.9 Å². The van der Waals surface area contributed by atoms with Crippen LogP contribution in [-0.4, -0.2) is 93.6 Å². The van der Waals surface area contributed by atoms with Gasteiger partial charge in [0.2, 0.25) is 10.0 Å². The molecule has 9 nitrogen and oxygen atoms in total. The van der Waals surface area contributed by atoms with E-state index >= 15 is 0 Å². The Morgan fingerprint density at radius 1 is 1.05 bits per heavy atom. The van der Waals surface area contributed by atoms with Crippen LogP contribution in [0.15, 0.2) is 24.3 Å². The molecule has 0 radical (unpaired) electrons. The molecule has 1 amide bonds. The molecule has 6 rings (SSSR count). The second-order valence-corrected chi connectivity index (χ2v) is 16.4. The zero-order valence-corrected chi connectivity index (χ0v) is 27.4. The molecular formula is C33H48FN5O4S. The van der Waals surface area contributed by atoms with Crippen LogP contribution in [0.5, 0.6) is 0 Å². The minimum Gasteiger partial charge on any atom is -0.411 e. The summed E-state index contributed by atoms with van der Waals surface area (Å²) in [4.78, 5) is 18.6. The summed E-state index contributed by atoms with van der Waals surface area (Å²) in [6, 6.07) is 7.09. The highest BCUT2D eigenvalue weighted by atomic mass is 32.2. The van der Waals surface area contributed by atoms with Crippen LogP contribution >= 0.6 is 0 Å². The number of halogens is 1. The summed E-state index contributed by atoms with van der Waals surface area (Å²) < 4.78 is 42.1. The highest BCUT2D eigenvalue weighted by Gasteiger charge is 2.46. The largest absolute Gasteiger partial charge is 0.411 e. The van der Waals surface area contributed by atoms with Gasteiger partial charge in [0, 0.05) is 38.3 Å². The normalized spacial score (nSPS) is 26.5. The molecule has 3 aliphatic heterocycles. The Labute approximate surface area is 261 Å². The van der Waals surface area contributed by atoms with Gasteiger partial charge >= 0.3 is 0 Å². The molecule has 3 saturated heterocycles. The van der Waals surface area contributed by atoms with Crippen LogP contribution in [0.25, 0.3) is 0 Å². The van der Waals surface area contributed by atoms with Crippen molar-refractivity contribution >= 4 is 15.9 Å². The van der Waals surface area contributed by atoms with E-state index in [4.69, 9.17) is 0 Å². The zero-order valence-electron chi connectivity index (χ0n) is 26.6. The lowest BCUT2D eigenvalue weighted by Crippen LogP contribution is -2.58. The maximum atomic E-state index is 14.5. The topological polar surface area (TPSA) is 99.0 Å². The van der Waals surface area contributed by atoms with Crippen LogP contribution in [-0.2, 0) is 10.0 Å². The molecule has 4 heterocycles. The minimum atomic E-state index is -3.17. The second kappa shape index (κ2) is 12.0. The summed E-state index contributed by atoms with van der Waals surface area (Å²) in [6.07, 6.45) is 5.96. The van der Waals surface area contributed by atoms with Crippen LogP contribution in [0.1, 0.15) is 92.0 Å². The van der Waals surface area contributed by atoms with Gasteiger partial charge in [-0.15, -0.1) is 9.94 Å². The van der Waals surface area contributed by atoms with E-state index in [1.54, 1.807) is 24.2 Å². The van der Waals surface area contributed by atoms with Crippen molar-refractivity contribution in [2.45, 2.75) is 89.3 Å². The Kier molecular flexibility index (Phi) is 8.60. The molecule has 0 bridgehead atoms. The average Bonchev–Trinajstić information content (AvgIpc) is 3.82. The number of aromatic nitrogens is 2. The molecule has 242 valence electrons. The van der Waals surface area contributed by atoms with Crippen molar-refractivity contribution in [3.05, 3.63) is 52.6 Å². The van der Waals surface area contributed by atoms with E-state index in [-0.39, 0.29) is 28.4 Å². The van der Waals surface area contributed by atoms with Gasteiger partial charge in [-0.3, -0.25) is 9.69 Å². The molecule has 1 aromatic carbocycles. The number of carbonyl (C=O) groups is 1. The first-order valence-corrected chi connectivity index (χ1v) is 17.9. The number of nitrogens with zero attached hydrogens (tertiary/aromatic N) is 5. The number of hydrogen-bond donors (Lipinski definition) is 1. The van der Waals surface area contributed by atoms with E-state index in [1.807, 2.05) is 11.0 Å². The Bertz CT molecular complexity index is 1470. The average molecular weight is 630 g/mol. The molecule has 2 aromatic rings. The van der Waals surface area contributed by atoms with Gasteiger partial charge in [-0.25, -0.2) is 17.1 Å². The van der Waals surface area contributed by atoms with Crippen molar-refractivity contribution in [2.24, 2.45) is 17.8 Å². The molecule has 1 saturated carbocycles. The van der Waals surface area contributed by atoms with Crippen LogP contribution < -0.4 is 0 Å². The monoisotopic (exact) mass is 629 g/mol. The van der Waals surface area contributed by atoms with Crippen molar-refractivity contribution < 1.29 is 22.8 Å². The molecule has 4 fully saturated rings. The summed E-state index contributed by atoms with van der Waals surface area (Å²) in [6.45, 7) is 12.5. The zero-order chi connectivity index (χ0) is 31.4. The quantitative estimate of drug-likeness (QED) is 0.442. The first-order chi connectivity index (χ1) is 20.9. The Hall–Kier alpha value is -2.50. The van der Waals surface area contributed by atoms with Gasteiger partial charge in [-0.05, 0) is 114 Å². The van der Waals surface area contributed by atoms with Crippen molar-refractivity contribution in [3.8, 4) is 0 Å². The van der Waals surface area contributed by atoms with Crippen LogP contribution in [0, 0.1) is 37.4 Å². The lowest BCUT2D eigenvalue weighted by molar-refractivity contribution is -0.0149. The third kappa shape index (κ3) is 5.91. The summed E-state index contributed by atoms with van der Waals surface area (Å²) in [5.74, 6) is 1.01. The Balaban J connectivity index is 1.12. The number of piperidine rings is 3. The van der Waals surface area contributed by atoms with E-state index in [9.17, 15) is 22.8 Å². The van der Waals surface area contributed by atoms with Crippen molar-refractivity contribution in [3.63, 3.8) is 0 Å². The molecule has 1 unspecified atom stereocenters. The summed E-state index contributed by atoms with van der Waals surface area (Å²) in [5.41, 5.74) is 2.54. The number of benzene rings is 1. The molecule has 3 atom stereocenters. The van der Waals surface area contributed by atoms with Crippen molar-refractivity contribution in [1.82, 2.24) is 24.0 Å². The van der Waals surface area contributed by atoms with Gasteiger partial charge in [-0.2, -0.15) is 0 Å². The molecule has 1 aromatic heterocycles. The fourth-order valence-electron chi connectivity index (χ4n) is 8.44. The predicted molar refractivity (Wildman–Crippen MR) is 167 cm³/mol. The smallest absolute Gasteiger partial charge is 0.257 e. The lowest BCUT2D eigenvalue weighted by atomic mass is 9.66. The van der Waals surface area contributed by atoms with Gasteiger partial charge in [0.1, 0.15) is 5.82 Å². The Morgan fingerprint density at radius 2 is 1.73 bits per heavy atom. The van der Waals surface area contributed by atoms with Crippen LogP contribution in [0.2, 0.25) is 0 Å². The third-order valence-electron chi connectivity index (χ3n) is 11.4. The van der Waals surface area contributed by atoms with E-state index < -0.39 is 10.0 Å². The number of rotatable bonds is 7. The van der Waals surface area contributed by atoms with E-state index in [2.05, 4.69) is 29.9 Å². The minimum absolute atomic E-state index is 0.0158. The second-order valence-electron chi connectivity index (χ2n) is 14.2. The van der Waals surface area contributed by atoms with E-state index in [1.165, 1.54) is 6.07 Å². The summed E-state index contributed by atoms with van der Waals surface area (Å²) in [7, 11) is -3.17. The standard InChI is InChI=1S/C33H48FN5O4S/c1-22-21-37(33(4)13-18-36(19-14-33)32(40)30-23(2)35-39(41)24(30)3)15-12-29(22)31(26-6-5-7-27(34)20-26)25-10-16-38(17-11-25)44(42,43)28-8-9-28/h5-7,20,22,25,28-29,31,41H,8-19,21H2,1-4H3/t22-,29?,31+/m0/s1. The van der Waals surface area contributed by atoms with Crippen molar-refractivity contribution in [2.75, 3.05) is 39.3 Å². The maximum absolute atomic E-state index is 14.5. The fourth-order valence-corrected chi connectivity index (χ4v) is 10.3. The highest BCUT2D eigenvalue weighted by Crippen LogP contribution is 2.47. The third-order valence-corrected chi connectivity index (χ3v) is 13.8. The predicted octanol–water partition coefficient (Wildman–Crippen LogP) is 4.82. The molecule has 0 spiro atoms. The maximum Gasteiger partial charge on any atom is 0.257 e. The molecule has 1 aliphatic carbocycles. The van der Waals surface area contributed by atoms with Crippen LogP contribution in [0.3, 0.4) is 0 Å². The highest BCUT2D eigenvalue weighted by molar-refractivity contribution is 7.90. The summed E-state index contributed by atoms with van der Waals surface area (Å²) >= 11 is 0. The first-order valence-electron chi connectivity index (χ1n) is 16.4. The Morgan fingerprint density at radius 3 is 2.30 bits per heavy atom. The molecule has 4 aliphatic rings. The first kappa shape index (κ1) is 31.5. The molecule has 1 N–H and O–H groups in total. The number of likely N-dealkylation sites (tertiary alicyclic amines) is 2. The van der Waals surface area contributed by atoms with Gasteiger partial charge < -0.3 is 10.1 Å². The number of amides is 1. The molecular weight excluding hydrogens is 581 g/mol. The number of aryl methyl sites for hydroxylation is 1. The van der Waals surface area contributed by atoms with Gasteiger partial charge in [0.15, 0.2) is 0 Å². The van der Waals surface area contributed by atoms with Gasteiger partial charge in [-0.1, -0.05) is 19.1 Å². The van der Waals surface area contributed by atoms with Crippen molar-refractivity contribution in [1.29, 1.82) is 0 Å². The number of carbonyl (C=O) groups excluding carboxylic acids is 1. The number of sulfonamides is 1. The molecule has 11 heteroatoms. The number of hydrogen-bond acceptors (Lipinski definition) is 6. The summed E-state index contributed by atoms with van der Waals surface area (Å²) in [5, 5.41) is 13.8.